The quantitative estimate of drug-likeness (QED) is 0.378. The molecule has 1 atom stereocenters. The molecule has 0 aliphatic rings. The lowest BCUT2D eigenvalue weighted by molar-refractivity contribution is -0.142. The van der Waals surface area contributed by atoms with Gasteiger partial charge in [0.2, 0.25) is 5.91 Å². The molecule has 184 valence electrons. The van der Waals surface area contributed by atoms with Crippen molar-refractivity contribution in [3.05, 3.63) is 101 Å². The van der Waals surface area contributed by atoms with E-state index in [2.05, 4.69) is 19.2 Å². The van der Waals surface area contributed by atoms with E-state index in [9.17, 15) is 9.59 Å². The summed E-state index contributed by atoms with van der Waals surface area (Å²) >= 11 is 6.21. The van der Waals surface area contributed by atoms with Crippen molar-refractivity contribution in [1.82, 2.24) is 10.2 Å². The molecular formula is C29H33ClN2O3. The van der Waals surface area contributed by atoms with E-state index >= 15 is 0 Å². The summed E-state index contributed by atoms with van der Waals surface area (Å²) in [6, 6.07) is 24.1. The minimum Gasteiger partial charge on any atom is -0.483 e. The summed E-state index contributed by atoms with van der Waals surface area (Å²) in [6.45, 7) is 6.58. The zero-order valence-electron chi connectivity index (χ0n) is 20.5. The molecule has 0 radical (unpaired) electrons. The second-order valence-corrected chi connectivity index (χ2v) is 9.17. The molecule has 2 amide bonds. The van der Waals surface area contributed by atoms with Crippen LogP contribution in [0.25, 0.3) is 0 Å². The first-order valence-electron chi connectivity index (χ1n) is 12.0. The van der Waals surface area contributed by atoms with Crippen molar-refractivity contribution in [2.45, 2.75) is 45.7 Å². The Morgan fingerprint density at radius 3 is 2.31 bits per heavy atom. The number of rotatable bonds is 11. The Morgan fingerprint density at radius 1 is 0.943 bits per heavy atom. The average molecular weight is 493 g/mol. The molecule has 3 aromatic rings. The van der Waals surface area contributed by atoms with Crippen LogP contribution in [0.4, 0.5) is 0 Å². The highest BCUT2D eigenvalue weighted by molar-refractivity contribution is 6.30. The maximum absolute atomic E-state index is 13.6. The summed E-state index contributed by atoms with van der Waals surface area (Å²) in [5.74, 6) is 0.464. The number of para-hydroxylation sites is 1. The SMILES string of the molecule is CCNC(=O)[C@@H](Cc1ccccc1)N(Cc1cccc(Cl)c1)C(=O)COc1ccccc1C(C)C. The van der Waals surface area contributed by atoms with Gasteiger partial charge in [0.15, 0.2) is 6.61 Å². The monoisotopic (exact) mass is 492 g/mol. The van der Waals surface area contributed by atoms with Gasteiger partial charge in [0.1, 0.15) is 11.8 Å². The second kappa shape index (κ2) is 13.0. The first kappa shape index (κ1) is 26.3. The third kappa shape index (κ3) is 7.59. The molecule has 3 rings (SSSR count). The van der Waals surface area contributed by atoms with Crippen LogP contribution in [0.5, 0.6) is 5.75 Å². The molecule has 0 aliphatic heterocycles. The molecule has 3 aromatic carbocycles. The molecule has 0 bridgehead atoms. The third-order valence-electron chi connectivity index (χ3n) is 5.76. The Balaban J connectivity index is 1.91. The molecule has 0 spiro atoms. The Morgan fingerprint density at radius 2 is 1.63 bits per heavy atom. The standard InChI is InChI=1S/C29H33ClN2O3/c1-4-31-29(34)26(18-22-11-6-5-7-12-22)32(19-23-13-10-14-24(30)17-23)28(33)20-35-27-16-9-8-15-25(27)21(2)3/h5-17,21,26H,4,18-20H2,1-3H3,(H,31,34)/t26-/m1/s1. The number of hydrogen-bond donors (Lipinski definition) is 1. The molecule has 0 heterocycles. The first-order valence-corrected chi connectivity index (χ1v) is 12.3. The van der Waals surface area contributed by atoms with E-state index < -0.39 is 6.04 Å². The van der Waals surface area contributed by atoms with Gasteiger partial charge in [0, 0.05) is 24.5 Å². The zero-order chi connectivity index (χ0) is 25.2. The van der Waals surface area contributed by atoms with Gasteiger partial charge < -0.3 is 15.0 Å². The van der Waals surface area contributed by atoms with E-state index in [4.69, 9.17) is 16.3 Å². The predicted octanol–water partition coefficient (Wildman–Crippen LogP) is 5.62. The van der Waals surface area contributed by atoms with Gasteiger partial charge >= 0.3 is 0 Å². The van der Waals surface area contributed by atoms with Gasteiger partial charge in [-0.05, 0) is 47.7 Å². The van der Waals surface area contributed by atoms with Crippen molar-refractivity contribution < 1.29 is 14.3 Å². The van der Waals surface area contributed by atoms with Crippen LogP contribution in [0.2, 0.25) is 5.02 Å². The fraction of sp³-hybridized carbons (Fsp3) is 0.310. The predicted molar refractivity (Wildman–Crippen MR) is 141 cm³/mol. The lowest BCUT2D eigenvalue weighted by Crippen LogP contribution is -2.51. The number of nitrogens with one attached hydrogen (secondary N) is 1. The van der Waals surface area contributed by atoms with Gasteiger partial charge in [-0.15, -0.1) is 0 Å². The largest absolute Gasteiger partial charge is 0.483 e. The molecule has 0 fully saturated rings. The Bertz CT molecular complexity index is 1120. The fourth-order valence-corrected chi connectivity index (χ4v) is 4.20. The number of hydrogen-bond acceptors (Lipinski definition) is 3. The van der Waals surface area contributed by atoms with Crippen molar-refractivity contribution in [3.8, 4) is 5.75 Å². The average Bonchev–Trinajstić information content (AvgIpc) is 2.85. The summed E-state index contributed by atoms with van der Waals surface area (Å²) in [4.78, 5) is 28.4. The topological polar surface area (TPSA) is 58.6 Å². The van der Waals surface area contributed by atoms with E-state index in [-0.39, 0.29) is 30.9 Å². The van der Waals surface area contributed by atoms with Crippen molar-refractivity contribution >= 4 is 23.4 Å². The molecule has 5 nitrogen and oxygen atoms in total. The van der Waals surface area contributed by atoms with Gasteiger partial charge in [-0.1, -0.05) is 86.1 Å². The minimum atomic E-state index is -0.701. The van der Waals surface area contributed by atoms with Gasteiger partial charge in [-0.2, -0.15) is 0 Å². The lowest BCUT2D eigenvalue weighted by Gasteiger charge is -2.31. The fourth-order valence-electron chi connectivity index (χ4n) is 3.99. The van der Waals surface area contributed by atoms with Gasteiger partial charge in [0.25, 0.3) is 5.91 Å². The van der Waals surface area contributed by atoms with Crippen LogP contribution in [0.3, 0.4) is 0 Å². The number of benzene rings is 3. The highest BCUT2D eigenvalue weighted by atomic mass is 35.5. The number of carbonyl (C=O) groups is 2. The van der Waals surface area contributed by atoms with Crippen LogP contribution >= 0.6 is 11.6 Å². The van der Waals surface area contributed by atoms with Crippen LogP contribution < -0.4 is 10.1 Å². The smallest absolute Gasteiger partial charge is 0.261 e. The molecule has 6 heteroatoms. The van der Waals surface area contributed by atoms with Gasteiger partial charge in [0.05, 0.1) is 0 Å². The Kier molecular flexibility index (Phi) is 9.74. The van der Waals surface area contributed by atoms with E-state index in [1.165, 1.54) is 0 Å². The van der Waals surface area contributed by atoms with Crippen LogP contribution in [0, 0.1) is 0 Å². The molecule has 0 saturated heterocycles. The maximum atomic E-state index is 13.6. The number of halogens is 1. The summed E-state index contributed by atoms with van der Waals surface area (Å²) in [5.41, 5.74) is 2.85. The zero-order valence-corrected chi connectivity index (χ0v) is 21.3. The molecule has 0 aliphatic carbocycles. The summed E-state index contributed by atoms with van der Waals surface area (Å²) in [7, 11) is 0. The van der Waals surface area contributed by atoms with E-state index in [1.807, 2.05) is 79.7 Å². The lowest BCUT2D eigenvalue weighted by atomic mass is 10.0. The molecule has 0 unspecified atom stereocenters. The van der Waals surface area contributed by atoms with Crippen LogP contribution in [0.15, 0.2) is 78.9 Å². The summed E-state index contributed by atoms with van der Waals surface area (Å²) in [6.07, 6.45) is 0.390. The molecule has 0 aromatic heterocycles. The molecule has 35 heavy (non-hydrogen) atoms. The van der Waals surface area contributed by atoms with Gasteiger partial charge in [-0.3, -0.25) is 9.59 Å². The van der Waals surface area contributed by atoms with E-state index in [1.54, 1.807) is 11.0 Å². The van der Waals surface area contributed by atoms with Crippen molar-refractivity contribution in [2.75, 3.05) is 13.2 Å². The first-order chi connectivity index (χ1) is 16.9. The summed E-state index contributed by atoms with van der Waals surface area (Å²) < 4.78 is 5.99. The third-order valence-corrected chi connectivity index (χ3v) is 5.99. The van der Waals surface area contributed by atoms with E-state index in [0.717, 1.165) is 16.7 Å². The summed E-state index contributed by atoms with van der Waals surface area (Å²) in [5, 5.41) is 3.47. The Hall–Kier alpha value is -3.31. The van der Waals surface area contributed by atoms with Crippen LogP contribution in [0.1, 0.15) is 43.4 Å². The molecule has 0 saturated carbocycles. The molecule has 1 N–H and O–H groups in total. The normalized spacial score (nSPS) is 11.7. The van der Waals surface area contributed by atoms with Crippen molar-refractivity contribution in [2.24, 2.45) is 0 Å². The number of ether oxygens (including phenoxy) is 1. The van der Waals surface area contributed by atoms with Crippen LogP contribution in [-0.2, 0) is 22.6 Å². The minimum absolute atomic E-state index is 0.172. The number of carbonyl (C=O) groups excluding carboxylic acids is 2. The number of amides is 2. The van der Waals surface area contributed by atoms with Crippen molar-refractivity contribution in [3.63, 3.8) is 0 Å². The van der Waals surface area contributed by atoms with E-state index in [0.29, 0.717) is 23.7 Å². The Labute approximate surface area is 213 Å². The number of likely N-dealkylation sites (N-methyl/N-ethyl adjacent to an activating group) is 1. The van der Waals surface area contributed by atoms with Crippen molar-refractivity contribution in [1.29, 1.82) is 0 Å². The maximum Gasteiger partial charge on any atom is 0.261 e. The molecular weight excluding hydrogens is 460 g/mol. The van der Waals surface area contributed by atoms with Gasteiger partial charge in [-0.25, -0.2) is 0 Å². The second-order valence-electron chi connectivity index (χ2n) is 8.73. The highest BCUT2D eigenvalue weighted by Crippen LogP contribution is 2.26. The van der Waals surface area contributed by atoms with Crippen LogP contribution in [-0.4, -0.2) is 35.9 Å². The number of nitrogens with zero attached hydrogens (tertiary/aromatic N) is 1. The highest BCUT2D eigenvalue weighted by Gasteiger charge is 2.30.